The Bertz CT molecular complexity index is 1200. The van der Waals surface area contributed by atoms with E-state index in [4.69, 9.17) is 9.47 Å². The minimum absolute atomic E-state index is 0.0783. The van der Waals surface area contributed by atoms with E-state index in [2.05, 4.69) is 25.2 Å². The Labute approximate surface area is 219 Å². The standard InChI is InChI=1S/C30H33NO5Si/c1-37(2,26-16-10-5-11-17-26)27(20-29(33)35-21-24-14-8-4-9-15-24)19-28(32)31-25(22-36-30(31)34)18-23-12-6-3-7-13-23/h3-17,25,27H,18-22H2,1-2H3/t25-,27?/m0/s1. The van der Waals surface area contributed by atoms with Crippen molar-refractivity contribution in [3.05, 3.63) is 102 Å². The summed E-state index contributed by atoms with van der Waals surface area (Å²) >= 11 is 0. The summed E-state index contributed by atoms with van der Waals surface area (Å²) in [4.78, 5) is 40.4. The van der Waals surface area contributed by atoms with E-state index in [9.17, 15) is 14.4 Å². The van der Waals surface area contributed by atoms with Crippen LogP contribution in [0.3, 0.4) is 0 Å². The summed E-state index contributed by atoms with van der Waals surface area (Å²) in [5.74, 6) is -0.649. The highest BCUT2D eigenvalue weighted by Gasteiger charge is 2.42. The Hall–Kier alpha value is -3.71. The zero-order valence-electron chi connectivity index (χ0n) is 21.3. The lowest BCUT2D eigenvalue weighted by Gasteiger charge is -2.33. The third-order valence-corrected chi connectivity index (χ3v) is 11.4. The number of imide groups is 1. The van der Waals surface area contributed by atoms with Gasteiger partial charge in [0.15, 0.2) is 0 Å². The molecule has 0 aromatic heterocycles. The van der Waals surface area contributed by atoms with Gasteiger partial charge in [0.25, 0.3) is 0 Å². The van der Waals surface area contributed by atoms with Gasteiger partial charge in [0, 0.05) is 12.8 Å². The lowest BCUT2D eigenvalue weighted by atomic mass is 10.1. The molecule has 0 aliphatic carbocycles. The average molecular weight is 516 g/mol. The highest BCUT2D eigenvalue weighted by molar-refractivity contribution is 6.91. The van der Waals surface area contributed by atoms with Crippen molar-refractivity contribution in [2.45, 2.75) is 50.5 Å². The molecule has 1 saturated heterocycles. The number of hydrogen-bond donors (Lipinski definition) is 0. The largest absolute Gasteiger partial charge is 0.461 e. The van der Waals surface area contributed by atoms with E-state index in [1.807, 2.05) is 78.9 Å². The van der Waals surface area contributed by atoms with Crippen LogP contribution in [0.25, 0.3) is 0 Å². The van der Waals surface area contributed by atoms with E-state index in [1.54, 1.807) is 0 Å². The van der Waals surface area contributed by atoms with Crippen LogP contribution in [-0.2, 0) is 32.1 Å². The minimum atomic E-state index is -2.31. The van der Waals surface area contributed by atoms with Gasteiger partial charge in [0.2, 0.25) is 5.91 Å². The highest BCUT2D eigenvalue weighted by atomic mass is 28.3. The number of esters is 1. The van der Waals surface area contributed by atoms with Gasteiger partial charge in [-0.15, -0.1) is 0 Å². The Balaban J connectivity index is 1.51. The van der Waals surface area contributed by atoms with Gasteiger partial charge in [-0.25, -0.2) is 9.69 Å². The number of carbonyl (C=O) groups is 3. The molecule has 0 saturated carbocycles. The van der Waals surface area contributed by atoms with Gasteiger partial charge in [-0.3, -0.25) is 9.59 Å². The second-order valence-electron chi connectivity index (χ2n) is 10.0. The van der Waals surface area contributed by atoms with Crippen LogP contribution in [0, 0.1) is 0 Å². The van der Waals surface area contributed by atoms with Crippen molar-refractivity contribution >= 4 is 31.2 Å². The van der Waals surface area contributed by atoms with E-state index in [1.165, 1.54) is 4.90 Å². The average Bonchev–Trinajstić information content (AvgIpc) is 3.28. The first kappa shape index (κ1) is 26.4. The maximum atomic E-state index is 13.6. The fraction of sp³-hybridized carbons (Fsp3) is 0.300. The molecule has 1 aliphatic rings. The van der Waals surface area contributed by atoms with Gasteiger partial charge in [0.05, 0.1) is 14.1 Å². The number of nitrogens with zero attached hydrogens (tertiary/aromatic N) is 1. The Morgan fingerprint density at radius 2 is 1.46 bits per heavy atom. The quantitative estimate of drug-likeness (QED) is 0.278. The second-order valence-corrected chi connectivity index (χ2v) is 14.9. The van der Waals surface area contributed by atoms with Crippen molar-refractivity contribution in [3.63, 3.8) is 0 Å². The summed E-state index contributed by atoms with van der Waals surface area (Å²) in [6.07, 6.45) is 0.102. The van der Waals surface area contributed by atoms with Crippen LogP contribution in [0.1, 0.15) is 24.0 Å². The molecule has 1 unspecified atom stereocenters. The first-order chi connectivity index (χ1) is 17.8. The molecule has 7 heteroatoms. The molecule has 192 valence electrons. The zero-order valence-corrected chi connectivity index (χ0v) is 22.3. The Morgan fingerprint density at radius 3 is 2.08 bits per heavy atom. The lowest BCUT2D eigenvalue weighted by Crippen LogP contribution is -2.49. The van der Waals surface area contributed by atoms with Crippen molar-refractivity contribution in [3.8, 4) is 0 Å². The molecular formula is C30H33NO5Si. The SMILES string of the molecule is C[Si](C)(c1ccccc1)C(CC(=O)OCc1ccccc1)CC(=O)N1C(=O)OC[C@@H]1Cc1ccccc1. The number of rotatable bonds is 10. The monoisotopic (exact) mass is 515 g/mol. The summed E-state index contributed by atoms with van der Waals surface area (Å²) in [5.41, 5.74) is 1.69. The number of carbonyl (C=O) groups excluding carboxylic acids is 3. The molecule has 2 atom stereocenters. The molecule has 6 nitrogen and oxygen atoms in total. The minimum Gasteiger partial charge on any atom is -0.461 e. The normalized spacial score (nSPS) is 16.2. The number of ether oxygens (including phenoxy) is 2. The number of cyclic esters (lactones) is 1. The van der Waals surface area contributed by atoms with Crippen molar-refractivity contribution < 1.29 is 23.9 Å². The van der Waals surface area contributed by atoms with Crippen molar-refractivity contribution in [1.82, 2.24) is 4.90 Å². The molecule has 2 amide bonds. The van der Waals surface area contributed by atoms with Gasteiger partial charge in [-0.2, -0.15) is 0 Å². The molecule has 1 heterocycles. The van der Waals surface area contributed by atoms with Gasteiger partial charge in [-0.05, 0) is 23.1 Å². The number of amides is 2. The third-order valence-electron chi connectivity index (χ3n) is 7.16. The summed E-state index contributed by atoms with van der Waals surface area (Å²) in [5, 5.41) is 1.15. The van der Waals surface area contributed by atoms with Gasteiger partial charge in [0.1, 0.15) is 13.2 Å². The number of benzene rings is 3. The first-order valence-electron chi connectivity index (χ1n) is 12.6. The highest BCUT2D eigenvalue weighted by Crippen LogP contribution is 2.32. The fourth-order valence-corrected chi connectivity index (χ4v) is 7.68. The molecule has 4 rings (SSSR count). The summed E-state index contributed by atoms with van der Waals surface area (Å²) in [6, 6.07) is 28.9. The smallest absolute Gasteiger partial charge is 0.416 e. The maximum absolute atomic E-state index is 13.6. The molecule has 3 aromatic carbocycles. The van der Waals surface area contributed by atoms with Crippen LogP contribution in [0.15, 0.2) is 91.0 Å². The molecule has 0 spiro atoms. The zero-order chi connectivity index (χ0) is 26.3. The van der Waals surface area contributed by atoms with E-state index < -0.39 is 14.2 Å². The van der Waals surface area contributed by atoms with Gasteiger partial charge < -0.3 is 9.47 Å². The topological polar surface area (TPSA) is 72.9 Å². The van der Waals surface area contributed by atoms with Gasteiger partial charge in [-0.1, -0.05) is 109 Å². The van der Waals surface area contributed by atoms with Crippen molar-refractivity contribution in [1.29, 1.82) is 0 Å². The fourth-order valence-electron chi connectivity index (χ4n) is 4.80. The van der Waals surface area contributed by atoms with Crippen molar-refractivity contribution in [2.24, 2.45) is 0 Å². The molecule has 1 aliphatic heterocycles. The van der Waals surface area contributed by atoms with Crippen LogP contribution in [0.2, 0.25) is 18.6 Å². The van der Waals surface area contributed by atoms with E-state index in [0.717, 1.165) is 16.3 Å². The summed E-state index contributed by atoms with van der Waals surface area (Å²) in [7, 11) is -2.31. The predicted molar refractivity (Wildman–Crippen MR) is 145 cm³/mol. The van der Waals surface area contributed by atoms with Crippen LogP contribution < -0.4 is 5.19 Å². The van der Waals surface area contributed by atoms with Crippen molar-refractivity contribution in [2.75, 3.05) is 6.61 Å². The van der Waals surface area contributed by atoms with E-state index in [0.29, 0.717) is 6.42 Å². The molecule has 3 aromatic rings. The molecular weight excluding hydrogens is 482 g/mol. The van der Waals surface area contributed by atoms with E-state index >= 15 is 0 Å². The molecule has 0 radical (unpaired) electrons. The second kappa shape index (κ2) is 12.0. The maximum Gasteiger partial charge on any atom is 0.416 e. The molecule has 37 heavy (non-hydrogen) atoms. The predicted octanol–water partition coefficient (Wildman–Crippen LogP) is 5.09. The van der Waals surface area contributed by atoms with Crippen LogP contribution in [0.4, 0.5) is 4.79 Å². The Kier molecular flexibility index (Phi) is 8.56. The number of hydrogen-bond acceptors (Lipinski definition) is 5. The Morgan fingerprint density at radius 1 is 0.892 bits per heavy atom. The molecule has 1 fully saturated rings. The van der Waals surface area contributed by atoms with Crippen LogP contribution in [-0.4, -0.2) is 43.6 Å². The van der Waals surface area contributed by atoms with Crippen LogP contribution >= 0.6 is 0 Å². The summed E-state index contributed by atoms with van der Waals surface area (Å²) in [6.45, 7) is 4.68. The van der Waals surface area contributed by atoms with Gasteiger partial charge >= 0.3 is 12.1 Å². The third kappa shape index (κ3) is 6.74. The molecule has 0 bridgehead atoms. The lowest BCUT2D eigenvalue weighted by molar-refractivity contribution is -0.145. The van der Waals surface area contributed by atoms with E-state index in [-0.39, 0.29) is 49.5 Å². The first-order valence-corrected chi connectivity index (χ1v) is 15.7. The molecule has 0 N–H and O–H groups in total. The van der Waals surface area contributed by atoms with Crippen LogP contribution in [0.5, 0.6) is 0 Å². The summed E-state index contributed by atoms with van der Waals surface area (Å²) < 4.78 is 10.9.